The van der Waals surface area contributed by atoms with Crippen molar-refractivity contribution in [1.29, 1.82) is 0 Å². The molecule has 4 nitrogen and oxygen atoms in total. The highest BCUT2D eigenvalue weighted by atomic mass is 16.1. The Hall–Kier alpha value is -1.03. The van der Waals surface area contributed by atoms with Gasteiger partial charge in [0.1, 0.15) is 0 Å². The number of amides is 1. The molecule has 0 bridgehead atoms. The maximum Gasteiger partial charge on any atom is 0.242 e. The van der Waals surface area contributed by atoms with E-state index in [-0.39, 0.29) is 5.91 Å². The Morgan fingerprint density at radius 3 is 2.42 bits per heavy atom. The number of piperazine rings is 1. The largest absolute Gasteiger partial charge is 0.375 e. The van der Waals surface area contributed by atoms with Crippen LogP contribution >= 0.6 is 0 Å². The molecule has 1 rings (SSSR count). The van der Waals surface area contributed by atoms with Crippen molar-refractivity contribution in [3.63, 3.8) is 0 Å². The third-order valence-corrected chi connectivity index (χ3v) is 1.99. The Morgan fingerprint density at radius 1 is 1.33 bits per heavy atom. The minimum Gasteiger partial charge on any atom is -0.375 e. The van der Waals surface area contributed by atoms with Gasteiger partial charge in [-0.2, -0.15) is 0 Å². The highest BCUT2D eigenvalue weighted by molar-refractivity contribution is 5.85. The summed E-state index contributed by atoms with van der Waals surface area (Å²) in [7, 11) is 2.09. The molecule has 0 unspecified atom stereocenters. The molecule has 0 aromatic carbocycles. The fraction of sp³-hybridized carbons (Fsp3) is 0.625. The Balaban J connectivity index is 2.30. The van der Waals surface area contributed by atoms with Gasteiger partial charge in [-0.25, -0.2) is 0 Å². The average molecular weight is 169 g/mol. The van der Waals surface area contributed by atoms with E-state index < -0.39 is 0 Å². The van der Waals surface area contributed by atoms with Crippen LogP contribution in [0, 0.1) is 0 Å². The van der Waals surface area contributed by atoms with Crippen molar-refractivity contribution in [2.24, 2.45) is 5.73 Å². The molecule has 1 heterocycles. The molecule has 4 heteroatoms. The number of carbonyl (C=O) groups is 1. The van der Waals surface area contributed by atoms with Crippen LogP contribution in [0.15, 0.2) is 12.3 Å². The maximum atomic E-state index is 10.4. The molecule has 0 saturated carbocycles. The summed E-state index contributed by atoms with van der Waals surface area (Å²) in [6.07, 6.45) is 3.18. The van der Waals surface area contributed by atoms with E-state index in [4.69, 9.17) is 5.73 Å². The molecule has 2 N–H and O–H groups in total. The number of primary amides is 1. The third kappa shape index (κ3) is 2.92. The maximum absolute atomic E-state index is 10.4. The van der Waals surface area contributed by atoms with Crippen LogP contribution in [0.25, 0.3) is 0 Å². The quantitative estimate of drug-likeness (QED) is 0.552. The number of hydrogen-bond acceptors (Lipinski definition) is 3. The van der Waals surface area contributed by atoms with Crippen LogP contribution in [0.2, 0.25) is 0 Å². The van der Waals surface area contributed by atoms with Gasteiger partial charge in [0.05, 0.1) is 0 Å². The van der Waals surface area contributed by atoms with Crippen LogP contribution in [0.3, 0.4) is 0 Å². The lowest BCUT2D eigenvalue weighted by molar-refractivity contribution is -0.113. The molecule has 1 fully saturated rings. The zero-order chi connectivity index (χ0) is 8.97. The highest BCUT2D eigenvalue weighted by Gasteiger charge is 2.09. The predicted molar refractivity (Wildman–Crippen MR) is 47.4 cm³/mol. The highest BCUT2D eigenvalue weighted by Crippen LogP contribution is 1.98. The summed E-state index contributed by atoms with van der Waals surface area (Å²) >= 11 is 0. The van der Waals surface area contributed by atoms with E-state index in [0.29, 0.717) is 0 Å². The summed E-state index contributed by atoms with van der Waals surface area (Å²) in [5, 5.41) is 0. The standard InChI is InChI=1S/C8H15N3O/c1-10-4-6-11(7-5-10)3-2-8(9)12/h2-3H,4-7H2,1H3,(H2,9,12). The second-order valence-electron chi connectivity index (χ2n) is 3.06. The minimum absolute atomic E-state index is 0.381. The number of nitrogens with two attached hydrogens (primary N) is 1. The Morgan fingerprint density at radius 2 is 1.92 bits per heavy atom. The van der Waals surface area contributed by atoms with Gasteiger partial charge in [0.25, 0.3) is 0 Å². The van der Waals surface area contributed by atoms with Crippen LogP contribution in [-0.4, -0.2) is 48.9 Å². The molecule has 68 valence electrons. The summed E-state index contributed by atoms with van der Waals surface area (Å²) in [6.45, 7) is 4.03. The van der Waals surface area contributed by atoms with Crippen molar-refractivity contribution < 1.29 is 4.79 Å². The van der Waals surface area contributed by atoms with E-state index in [1.807, 2.05) is 0 Å². The van der Waals surface area contributed by atoms with Crippen molar-refractivity contribution in [3.8, 4) is 0 Å². The third-order valence-electron chi connectivity index (χ3n) is 1.99. The van der Waals surface area contributed by atoms with E-state index in [0.717, 1.165) is 26.2 Å². The molecular formula is C8H15N3O. The van der Waals surface area contributed by atoms with Gasteiger partial charge in [0.2, 0.25) is 5.91 Å². The lowest BCUT2D eigenvalue weighted by atomic mass is 10.3. The van der Waals surface area contributed by atoms with Crippen molar-refractivity contribution >= 4 is 5.91 Å². The minimum atomic E-state index is -0.381. The molecule has 1 amide bonds. The van der Waals surface area contributed by atoms with Gasteiger partial charge < -0.3 is 15.5 Å². The van der Waals surface area contributed by atoms with Crippen LogP contribution in [0.5, 0.6) is 0 Å². The van der Waals surface area contributed by atoms with Crippen molar-refractivity contribution in [2.45, 2.75) is 0 Å². The van der Waals surface area contributed by atoms with Gasteiger partial charge in [0, 0.05) is 38.5 Å². The second-order valence-corrected chi connectivity index (χ2v) is 3.06. The molecule has 12 heavy (non-hydrogen) atoms. The molecule has 1 aliphatic rings. The molecule has 0 spiro atoms. The van der Waals surface area contributed by atoms with Crippen molar-refractivity contribution in [1.82, 2.24) is 9.80 Å². The fourth-order valence-corrected chi connectivity index (χ4v) is 1.15. The first kappa shape index (κ1) is 9.06. The normalized spacial score (nSPS) is 20.2. The van der Waals surface area contributed by atoms with Crippen molar-refractivity contribution in [2.75, 3.05) is 33.2 Å². The number of nitrogens with zero attached hydrogens (tertiary/aromatic N) is 2. The van der Waals surface area contributed by atoms with Crippen LogP contribution in [0.1, 0.15) is 0 Å². The summed E-state index contributed by atoms with van der Waals surface area (Å²) < 4.78 is 0. The summed E-state index contributed by atoms with van der Waals surface area (Å²) in [5.41, 5.74) is 4.97. The molecule has 0 aliphatic carbocycles. The topological polar surface area (TPSA) is 49.6 Å². The fourth-order valence-electron chi connectivity index (χ4n) is 1.15. The lowest BCUT2D eigenvalue weighted by Gasteiger charge is -2.31. The van der Waals surface area contributed by atoms with E-state index >= 15 is 0 Å². The van der Waals surface area contributed by atoms with Crippen LogP contribution in [0.4, 0.5) is 0 Å². The number of carbonyl (C=O) groups excluding carboxylic acids is 1. The van der Waals surface area contributed by atoms with E-state index in [2.05, 4.69) is 16.8 Å². The Kier molecular flexibility index (Phi) is 3.10. The lowest BCUT2D eigenvalue weighted by Crippen LogP contribution is -2.41. The molecule has 1 aliphatic heterocycles. The van der Waals surface area contributed by atoms with E-state index in [9.17, 15) is 4.79 Å². The first-order valence-electron chi connectivity index (χ1n) is 4.09. The van der Waals surface area contributed by atoms with Gasteiger partial charge >= 0.3 is 0 Å². The SMILES string of the molecule is CN1CCN(C=CC(N)=O)CC1. The molecule has 0 aromatic rings. The number of hydrogen-bond donors (Lipinski definition) is 1. The molecule has 0 aromatic heterocycles. The Labute approximate surface area is 72.6 Å². The zero-order valence-corrected chi connectivity index (χ0v) is 7.36. The summed E-state index contributed by atoms with van der Waals surface area (Å²) in [4.78, 5) is 14.8. The van der Waals surface area contributed by atoms with E-state index in [1.54, 1.807) is 6.20 Å². The van der Waals surface area contributed by atoms with Crippen molar-refractivity contribution in [3.05, 3.63) is 12.3 Å². The first-order chi connectivity index (χ1) is 5.68. The molecule has 0 radical (unpaired) electrons. The zero-order valence-electron chi connectivity index (χ0n) is 7.36. The van der Waals surface area contributed by atoms with Gasteiger partial charge in [-0.3, -0.25) is 4.79 Å². The van der Waals surface area contributed by atoms with E-state index in [1.165, 1.54) is 6.08 Å². The molecule has 0 atom stereocenters. The Bertz CT molecular complexity index is 183. The predicted octanol–water partition coefficient (Wildman–Crippen LogP) is -0.767. The van der Waals surface area contributed by atoms with Gasteiger partial charge in [-0.05, 0) is 7.05 Å². The van der Waals surface area contributed by atoms with Gasteiger partial charge in [-0.1, -0.05) is 0 Å². The van der Waals surface area contributed by atoms with Crippen LogP contribution < -0.4 is 5.73 Å². The molecule has 1 saturated heterocycles. The average Bonchev–Trinajstić information content (AvgIpc) is 2.03. The van der Waals surface area contributed by atoms with Gasteiger partial charge in [0.15, 0.2) is 0 Å². The first-order valence-corrected chi connectivity index (χ1v) is 4.09. The summed E-state index contributed by atoms with van der Waals surface area (Å²) in [6, 6.07) is 0. The molecular weight excluding hydrogens is 154 g/mol. The van der Waals surface area contributed by atoms with Crippen LogP contribution in [-0.2, 0) is 4.79 Å². The van der Waals surface area contributed by atoms with Gasteiger partial charge in [-0.15, -0.1) is 0 Å². The number of rotatable bonds is 2. The summed E-state index contributed by atoms with van der Waals surface area (Å²) in [5.74, 6) is -0.381. The second kappa shape index (κ2) is 4.11. The number of likely N-dealkylation sites (N-methyl/N-ethyl adjacent to an activating group) is 1. The monoisotopic (exact) mass is 169 g/mol. The smallest absolute Gasteiger partial charge is 0.242 e.